The second kappa shape index (κ2) is 5.32. The minimum absolute atomic E-state index is 0.549. The second-order valence-electron chi connectivity index (χ2n) is 4.75. The first-order valence-corrected chi connectivity index (χ1v) is 6.76. The van der Waals surface area contributed by atoms with Crippen LogP contribution < -0.4 is 0 Å². The Hall–Kier alpha value is -2.75. The summed E-state index contributed by atoms with van der Waals surface area (Å²) in [6, 6.07) is 17.1. The van der Waals surface area contributed by atoms with Crippen LogP contribution in [0.25, 0.3) is 10.9 Å². The van der Waals surface area contributed by atoms with Crippen LogP contribution in [0.1, 0.15) is 16.7 Å². The van der Waals surface area contributed by atoms with E-state index < -0.39 is 0 Å². The Bertz CT molecular complexity index is 910. The summed E-state index contributed by atoms with van der Waals surface area (Å²) in [5.74, 6) is 0. The van der Waals surface area contributed by atoms with Crippen LogP contribution in [0, 0.1) is 22.7 Å². The lowest BCUT2D eigenvalue weighted by atomic mass is 10.1. The number of nitriles is 2. The highest BCUT2D eigenvalue weighted by Gasteiger charge is 2.06. The molecule has 4 heteroatoms. The van der Waals surface area contributed by atoms with Crippen LogP contribution in [-0.2, 0) is 6.54 Å². The van der Waals surface area contributed by atoms with Crippen molar-refractivity contribution in [2.24, 2.45) is 0 Å². The van der Waals surface area contributed by atoms with E-state index in [0.29, 0.717) is 22.7 Å². The Morgan fingerprint density at radius 3 is 2.38 bits per heavy atom. The van der Waals surface area contributed by atoms with E-state index >= 15 is 0 Å². The van der Waals surface area contributed by atoms with Gasteiger partial charge in [0.1, 0.15) is 0 Å². The fourth-order valence-corrected chi connectivity index (χ4v) is 2.56. The van der Waals surface area contributed by atoms with Crippen LogP contribution in [0.15, 0.2) is 48.7 Å². The molecule has 0 unspecified atom stereocenters. The molecule has 1 aromatic heterocycles. The van der Waals surface area contributed by atoms with Gasteiger partial charge >= 0.3 is 0 Å². The smallest absolute Gasteiger partial charge is 0.0992 e. The van der Waals surface area contributed by atoms with Crippen LogP contribution in [0.4, 0.5) is 0 Å². The molecule has 100 valence electrons. The zero-order valence-corrected chi connectivity index (χ0v) is 11.8. The quantitative estimate of drug-likeness (QED) is 0.714. The number of benzene rings is 2. The van der Waals surface area contributed by atoms with Gasteiger partial charge in [0.05, 0.1) is 23.3 Å². The summed E-state index contributed by atoms with van der Waals surface area (Å²) in [7, 11) is 0. The van der Waals surface area contributed by atoms with Gasteiger partial charge in [-0.1, -0.05) is 23.7 Å². The predicted octanol–water partition coefficient (Wildman–Crippen LogP) is 4.09. The number of nitrogens with zero attached hydrogens (tertiary/aromatic N) is 3. The average molecular weight is 292 g/mol. The maximum absolute atomic E-state index is 9.01. The maximum Gasteiger partial charge on any atom is 0.0992 e. The highest BCUT2D eigenvalue weighted by atomic mass is 35.5. The van der Waals surface area contributed by atoms with E-state index in [1.807, 2.05) is 35.0 Å². The van der Waals surface area contributed by atoms with Gasteiger partial charge in [0, 0.05) is 23.3 Å². The topological polar surface area (TPSA) is 52.5 Å². The molecule has 0 amide bonds. The molecule has 2 aromatic carbocycles. The first kappa shape index (κ1) is 13.2. The summed E-state index contributed by atoms with van der Waals surface area (Å²) >= 11 is 6.22. The molecule has 0 fully saturated rings. The van der Waals surface area contributed by atoms with Gasteiger partial charge < -0.3 is 4.57 Å². The zero-order chi connectivity index (χ0) is 14.8. The van der Waals surface area contributed by atoms with Crippen molar-refractivity contribution in [2.45, 2.75) is 6.54 Å². The molecule has 0 radical (unpaired) electrons. The molecule has 0 spiro atoms. The first-order chi connectivity index (χ1) is 10.2. The predicted molar refractivity (Wildman–Crippen MR) is 81.9 cm³/mol. The molecule has 0 saturated carbocycles. The molecule has 1 heterocycles. The average Bonchev–Trinajstić information content (AvgIpc) is 2.91. The lowest BCUT2D eigenvalue weighted by molar-refractivity contribution is 0.837. The normalized spacial score (nSPS) is 10.2. The fourth-order valence-electron chi connectivity index (χ4n) is 2.32. The van der Waals surface area contributed by atoms with E-state index in [9.17, 15) is 0 Å². The number of fused-ring (bicyclic) bond motifs is 1. The molecule has 0 bridgehead atoms. The molecule has 3 aromatic rings. The Labute approximate surface area is 127 Å². The maximum atomic E-state index is 9.01. The van der Waals surface area contributed by atoms with Crippen LogP contribution in [0.5, 0.6) is 0 Å². The van der Waals surface area contributed by atoms with Gasteiger partial charge in [-0.2, -0.15) is 10.5 Å². The summed E-state index contributed by atoms with van der Waals surface area (Å²) in [5, 5.41) is 19.5. The molecule has 0 atom stereocenters. The van der Waals surface area contributed by atoms with Crippen molar-refractivity contribution in [3.63, 3.8) is 0 Å². The number of rotatable bonds is 2. The van der Waals surface area contributed by atoms with Crippen molar-refractivity contribution in [1.82, 2.24) is 4.57 Å². The van der Waals surface area contributed by atoms with Crippen LogP contribution in [0.3, 0.4) is 0 Å². The molecule has 0 N–H and O–H groups in total. The lowest BCUT2D eigenvalue weighted by Crippen LogP contribution is -1.99. The Kier molecular flexibility index (Phi) is 3.36. The first-order valence-electron chi connectivity index (χ1n) is 6.39. The number of halogens is 1. The summed E-state index contributed by atoms with van der Waals surface area (Å²) < 4.78 is 2.05. The minimum atomic E-state index is 0.549. The molecular weight excluding hydrogens is 282 g/mol. The van der Waals surface area contributed by atoms with E-state index in [1.54, 1.807) is 18.2 Å². The number of hydrogen-bond donors (Lipinski definition) is 0. The molecule has 0 aliphatic rings. The van der Waals surface area contributed by atoms with E-state index in [1.165, 1.54) is 0 Å². The lowest BCUT2D eigenvalue weighted by Gasteiger charge is -2.08. The molecule has 0 aliphatic heterocycles. The van der Waals surface area contributed by atoms with Crippen molar-refractivity contribution in [3.05, 3.63) is 70.4 Å². The highest BCUT2D eigenvalue weighted by molar-refractivity contribution is 6.31. The molecular formula is C17H10ClN3. The standard InChI is InChI=1S/C17H10ClN3/c18-16-7-12(9-19)2-4-15(16)11-21-6-5-14-3-1-13(10-20)8-17(14)21/h1-8H,11H2. The van der Waals surface area contributed by atoms with Gasteiger partial charge in [0.2, 0.25) is 0 Å². The third kappa shape index (κ3) is 2.48. The van der Waals surface area contributed by atoms with Gasteiger partial charge in [-0.15, -0.1) is 0 Å². The molecule has 0 aliphatic carbocycles. The molecule has 3 nitrogen and oxygen atoms in total. The summed E-state index contributed by atoms with van der Waals surface area (Å²) in [6.45, 7) is 0.600. The second-order valence-corrected chi connectivity index (χ2v) is 5.15. The van der Waals surface area contributed by atoms with Crippen molar-refractivity contribution < 1.29 is 0 Å². The summed E-state index contributed by atoms with van der Waals surface area (Å²) in [4.78, 5) is 0. The van der Waals surface area contributed by atoms with Gasteiger partial charge in [0.15, 0.2) is 0 Å². The van der Waals surface area contributed by atoms with Crippen molar-refractivity contribution in [1.29, 1.82) is 10.5 Å². The monoisotopic (exact) mass is 291 g/mol. The Morgan fingerprint density at radius 2 is 1.67 bits per heavy atom. The SMILES string of the molecule is N#Cc1ccc(Cn2ccc3ccc(C#N)cc32)c(Cl)c1. The van der Waals surface area contributed by atoms with Gasteiger partial charge in [-0.3, -0.25) is 0 Å². The van der Waals surface area contributed by atoms with Crippen LogP contribution >= 0.6 is 11.6 Å². The van der Waals surface area contributed by atoms with Gasteiger partial charge in [-0.25, -0.2) is 0 Å². The Balaban J connectivity index is 2.02. The largest absolute Gasteiger partial charge is 0.343 e. The van der Waals surface area contributed by atoms with Crippen LogP contribution in [-0.4, -0.2) is 4.57 Å². The molecule has 21 heavy (non-hydrogen) atoms. The third-order valence-corrected chi connectivity index (χ3v) is 3.78. The van der Waals surface area contributed by atoms with Crippen LogP contribution in [0.2, 0.25) is 5.02 Å². The molecule has 0 saturated heterocycles. The Morgan fingerprint density at radius 1 is 0.952 bits per heavy atom. The van der Waals surface area contributed by atoms with Gasteiger partial charge in [-0.05, 0) is 41.3 Å². The van der Waals surface area contributed by atoms with E-state index in [4.69, 9.17) is 22.1 Å². The van der Waals surface area contributed by atoms with E-state index in [-0.39, 0.29) is 0 Å². The zero-order valence-electron chi connectivity index (χ0n) is 11.0. The number of aromatic nitrogens is 1. The van der Waals surface area contributed by atoms with Crippen molar-refractivity contribution in [3.8, 4) is 12.1 Å². The summed E-state index contributed by atoms with van der Waals surface area (Å²) in [5.41, 5.74) is 3.12. The molecule has 3 rings (SSSR count). The van der Waals surface area contributed by atoms with E-state index in [0.717, 1.165) is 16.5 Å². The minimum Gasteiger partial charge on any atom is -0.343 e. The van der Waals surface area contributed by atoms with Gasteiger partial charge in [0.25, 0.3) is 0 Å². The third-order valence-electron chi connectivity index (χ3n) is 3.43. The van der Waals surface area contributed by atoms with E-state index in [2.05, 4.69) is 12.1 Å². The summed E-state index contributed by atoms with van der Waals surface area (Å²) in [6.07, 6.45) is 1.97. The van der Waals surface area contributed by atoms with Crippen molar-refractivity contribution >= 4 is 22.5 Å². The van der Waals surface area contributed by atoms with Crippen molar-refractivity contribution in [2.75, 3.05) is 0 Å². The number of hydrogen-bond acceptors (Lipinski definition) is 2. The highest BCUT2D eigenvalue weighted by Crippen LogP contribution is 2.23. The fraction of sp³-hybridized carbons (Fsp3) is 0.0588.